The molecule has 2 aromatic heterocycles. The van der Waals surface area contributed by atoms with Gasteiger partial charge in [0.1, 0.15) is 24.1 Å². The molecule has 0 spiro atoms. The molecule has 1 saturated heterocycles. The van der Waals surface area contributed by atoms with E-state index in [0.717, 1.165) is 30.4 Å². The van der Waals surface area contributed by atoms with E-state index in [-0.39, 0.29) is 41.6 Å². The van der Waals surface area contributed by atoms with Crippen LogP contribution in [0.3, 0.4) is 0 Å². The fourth-order valence-electron chi connectivity index (χ4n) is 6.29. The average molecular weight is 565 g/mol. The van der Waals surface area contributed by atoms with E-state index in [1.807, 2.05) is 50.2 Å². The number of fused-ring (bicyclic) bond motifs is 2. The highest BCUT2D eigenvalue weighted by molar-refractivity contribution is 6.06. The quantitative estimate of drug-likeness (QED) is 0.299. The first kappa shape index (κ1) is 27.8. The number of hydrogen-bond donors (Lipinski definition) is 1. The molecule has 2 aromatic carbocycles. The zero-order chi connectivity index (χ0) is 29.6. The van der Waals surface area contributed by atoms with Crippen LogP contribution in [0.2, 0.25) is 0 Å². The largest absolute Gasteiger partial charge is 0.352 e. The zero-order valence-electron chi connectivity index (χ0n) is 24.5. The highest BCUT2D eigenvalue weighted by Crippen LogP contribution is 2.59. The third-order valence-electron chi connectivity index (χ3n) is 8.81. The maximum Gasteiger partial charge on any atom is 0.245 e. The Hall–Kier alpha value is -4.40. The number of Topliss-reactive ketones (excluding diaryl/α,β-unsaturated/α-hetero) is 1. The lowest BCUT2D eigenvalue weighted by atomic mass is 10.0. The summed E-state index contributed by atoms with van der Waals surface area (Å²) in [6, 6.07) is 15.4. The predicted molar refractivity (Wildman–Crippen MR) is 160 cm³/mol. The van der Waals surface area contributed by atoms with Crippen LogP contribution in [0.4, 0.5) is 0 Å². The van der Waals surface area contributed by atoms with E-state index >= 15 is 0 Å². The summed E-state index contributed by atoms with van der Waals surface area (Å²) < 4.78 is 1.60. The SMILES string of the molecule is CC(=O)c1nn(CC(=O)N2[C@H](C(=O)N[C@H](C)CCc3ccccc3)C[C@@]3(C)C[C@@H]23)c2ccc(-c3cnc(C)nc3)cc12. The van der Waals surface area contributed by atoms with Crippen molar-refractivity contribution >= 4 is 28.5 Å². The number of likely N-dealkylation sites (tertiary alicyclic amines) is 1. The van der Waals surface area contributed by atoms with Gasteiger partial charge in [-0.1, -0.05) is 43.3 Å². The number of benzene rings is 2. The van der Waals surface area contributed by atoms with Gasteiger partial charge >= 0.3 is 0 Å². The molecule has 9 heteroatoms. The second-order valence-electron chi connectivity index (χ2n) is 12.1. The summed E-state index contributed by atoms with van der Waals surface area (Å²) >= 11 is 0. The topological polar surface area (TPSA) is 110 Å². The van der Waals surface area contributed by atoms with Crippen LogP contribution >= 0.6 is 0 Å². The van der Waals surface area contributed by atoms with Crippen LogP contribution in [0.1, 0.15) is 61.9 Å². The van der Waals surface area contributed by atoms with Gasteiger partial charge in [0.2, 0.25) is 11.8 Å². The van der Waals surface area contributed by atoms with Crippen molar-refractivity contribution in [3.05, 3.63) is 78.0 Å². The molecule has 6 rings (SSSR count). The van der Waals surface area contributed by atoms with Crippen molar-refractivity contribution in [3.8, 4) is 11.1 Å². The summed E-state index contributed by atoms with van der Waals surface area (Å²) in [5.41, 5.74) is 3.90. The van der Waals surface area contributed by atoms with Crippen molar-refractivity contribution in [2.75, 3.05) is 0 Å². The van der Waals surface area contributed by atoms with E-state index in [9.17, 15) is 14.4 Å². The Morgan fingerprint density at radius 2 is 1.79 bits per heavy atom. The number of ketones is 1. The summed E-state index contributed by atoms with van der Waals surface area (Å²) in [4.78, 5) is 50.2. The number of rotatable bonds is 9. The number of nitrogens with zero attached hydrogens (tertiary/aromatic N) is 5. The minimum absolute atomic E-state index is 0.0132. The fraction of sp³-hybridized carbons (Fsp3) is 0.394. The summed E-state index contributed by atoms with van der Waals surface area (Å²) in [7, 11) is 0. The molecule has 1 saturated carbocycles. The number of amides is 2. The molecule has 1 aliphatic carbocycles. The number of carbonyl (C=O) groups excluding carboxylic acids is 3. The summed E-state index contributed by atoms with van der Waals surface area (Å²) in [6.07, 6.45) is 6.74. The standard InChI is InChI=1S/C33H36N6O3/c1-20(10-11-23-8-6-5-7-9-23)36-32(42)28-15-33(4)16-29(33)39(28)30(41)19-38-27-13-12-24(25-17-34-22(3)35-18-25)14-26(27)31(37-38)21(2)40/h5-9,12-14,17-18,20,28-29H,10-11,15-16,19H2,1-4H3,(H,36,42)/t20-,28+,29-,33+/m1/s1. The van der Waals surface area contributed by atoms with Gasteiger partial charge in [-0.25, -0.2) is 9.97 Å². The average Bonchev–Trinajstić information content (AvgIpc) is 3.34. The number of piperidine rings is 1. The monoisotopic (exact) mass is 564 g/mol. The van der Waals surface area contributed by atoms with Gasteiger partial charge in [0.25, 0.3) is 0 Å². The first-order chi connectivity index (χ1) is 20.1. The molecule has 216 valence electrons. The highest BCUT2D eigenvalue weighted by Gasteiger charge is 2.64. The number of hydrogen-bond acceptors (Lipinski definition) is 6. The first-order valence-electron chi connectivity index (χ1n) is 14.6. The van der Waals surface area contributed by atoms with Crippen LogP contribution in [0, 0.1) is 12.3 Å². The predicted octanol–water partition coefficient (Wildman–Crippen LogP) is 4.52. The molecular weight excluding hydrogens is 528 g/mol. The lowest BCUT2D eigenvalue weighted by Gasteiger charge is -2.28. The Balaban J connectivity index is 1.20. The molecule has 2 aliphatic rings. The molecule has 0 unspecified atom stereocenters. The summed E-state index contributed by atoms with van der Waals surface area (Å²) in [5, 5.41) is 8.40. The molecule has 2 fully saturated rings. The van der Waals surface area contributed by atoms with Crippen molar-refractivity contribution in [2.45, 2.75) is 78.0 Å². The van der Waals surface area contributed by atoms with Gasteiger partial charge in [-0.3, -0.25) is 19.1 Å². The molecule has 4 aromatic rings. The Morgan fingerprint density at radius 1 is 1.05 bits per heavy atom. The third-order valence-corrected chi connectivity index (χ3v) is 8.81. The second kappa shape index (κ2) is 10.8. The minimum atomic E-state index is -0.511. The van der Waals surface area contributed by atoms with Crippen molar-refractivity contribution in [2.24, 2.45) is 5.41 Å². The van der Waals surface area contributed by atoms with Gasteiger partial charge in [0, 0.05) is 42.4 Å². The molecule has 3 heterocycles. The van der Waals surface area contributed by atoms with Crippen LogP contribution in [-0.4, -0.2) is 60.4 Å². The van der Waals surface area contributed by atoms with Crippen molar-refractivity contribution in [1.29, 1.82) is 0 Å². The second-order valence-corrected chi connectivity index (χ2v) is 12.1. The number of carbonyl (C=O) groups is 3. The molecule has 0 radical (unpaired) electrons. The lowest BCUT2D eigenvalue weighted by molar-refractivity contribution is -0.140. The molecular formula is C33H36N6O3. The van der Waals surface area contributed by atoms with Crippen LogP contribution in [0.5, 0.6) is 0 Å². The molecule has 9 nitrogen and oxygen atoms in total. The van der Waals surface area contributed by atoms with Gasteiger partial charge in [0.15, 0.2) is 5.78 Å². The normalized spacial score (nSPS) is 21.7. The number of aromatic nitrogens is 4. The molecule has 42 heavy (non-hydrogen) atoms. The first-order valence-corrected chi connectivity index (χ1v) is 14.6. The van der Waals surface area contributed by atoms with E-state index in [1.54, 1.807) is 22.0 Å². The lowest BCUT2D eigenvalue weighted by Crippen LogP contribution is -2.50. The van der Waals surface area contributed by atoms with Crippen LogP contribution in [0.25, 0.3) is 22.0 Å². The van der Waals surface area contributed by atoms with Crippen molar-refractivity contribution in [1.82, 2.24) is 30.0 Å². The molecule has 0 bridgehead atoms. The maximum absolute atomic E-state index is 13.8. The van der Waals surface area contributed by atoms with E-state index in [4.69, 9.17) is 0 Å². The zero-order valence-corrected chi connectivity index (χ0v) is 24.5. The van der Waals surface area contributed by atoms with E-state index < -0.39 is 6.04 Å². The van der Waals surface area contributed by atoms with Crippen molar-refractivity contribution < 1.29 is 14.4 Å². The Bertz CT molecular complexity index is 1660. The van der Waals surface area contributed by atoms with Gasteiger partial charge in [0.05, 0.1) is 5.52 Å². The summed E-state index contributed by atoms with van der Waals surface area (Å²) in [6.45, 7) is 7.42. The Labute approximate surface area is 245 Å². The third kappa shape index (κ3) is 5.31. The van der Waals surface area contributed by atoms with Gasteiger partial charge in [-0.15, -0.1) is 0 Å². The summed E-state index contributed by atoms with van der Waals surface area (Å²) in [5.74, 6) is 0.241. The Morgan fingerprint density at radius 3 is 2.50 bits per heavy atom. The van der Waals surface area contributed by atoms with E-state index in [1.165, 1.54) is 12.5 Å². The Kier molecular flexibility index (Phi) is 7.12. The van der Waals surface area contributed by atoms with Gasteiger partial charge < -0.3 is 10.2 Å². The fourth-order valence-corrected chi connectivity index (χ4v) is 6.29. The van der Waals surface area contributed by atoms with Crippen LogP contribution in [0.15, 0.2) is 60.9 Å². The van der Waals surface area contributed by atoms with Gasteiger partial charge in [-0.05, 0) is 68.2 Å². The highest BCUT2D eigenvalue weighted by atomic mass is 16.2. The molecule has 1 aliphatic heterocycles. The van der Waals surface area contributed by atoms with Crippen LogP contribution < -0.4 is 5.32 Å². The molecule has 4 atom stereocenters. The van der Waals surface area contributed by atoms with Crippen LogP contribution in [-0.2, 0) is 22.6 Å². The number of aryl methyl sites for hydroxylation is 2. The smallest absolute Gasteiger partial charge is 0.245 e. The van der Waals surface area contributed by atoms with Gasteiger partial charge in [-0.2, -0.15) is 5.10 Å². The van der Waals surface area contributed by atoms with Crippen molar-refractivity contribution in [3.63, 3.8) is 0 Å². The number of nitrogens with one attached hydrogen (secondary N) is 1. The maximum atomic E-state index is 13.8. The van der Waals surface area contributed by atoms with E-state index in [0.29, 0.717) is 28.8 Å². The van der Waals surface area contributed by atoms with E-state index in [2.05, 4.69) is 39.4 Å². The minimum Gasteiger partial charge on any atom is -0.352 e. The molecule has 2 amide bonds. The molecule has 1 N–H and O–H groups in total.